The lowest BCUT2D eigenvalue weighted by molar-refractivity contribution is -0.156. The van der Waals surface area contributed by atoms with Crippen LogP contribution < -0.4 is 5.32 Å². The zero-order chi connectivity index (χ0) is 20.1. The summed E-state index contributed by atoms with van der Waals surface area (Å²) < 4.78 is 0. The van der Waals surface area contributed by atoms with E-state index in [1.165, 1.54) is 0 Å². The molecular formula is C21H22ClN3O3. The second-order valence-electron chi connectivity index (χ2n) is 6.58. The van der Waals surface area contributed by atoms with Crippen molar-refractivity contribution < 1.29 is 14.4 Å². The Kier molecular flexibility index (Phi) is 6.31. The van der Waals surface area contributed by atoms with Gasteiger partial charge in [0, 0.05) is 43.3 Å². The second kappa shape index (κ2) is 8.89. The number of carbonyl (C=O) groups excluding carboxylic acids is 3. The zero-order valence-electron chi connectivity index (χ0n) is 15.7. The van der Waals surface area contributed by atoms with Crippen molar-refractivity contribution >= 4 is 29.3 Å². The van der Waals surface area contributed by atoms with Gasteiger partial charge in [-0.15, -0.1) is 0 Å². The van der Waals surface area contributed by atoms with Gasteiger partial charge >= 0.3 is 11.8 Å². The highest BCUT2D eigenvalue weighted by Crippen LogP contribution is 2.15. The molecule has 1 heterocycles. The Labute approximate surface area is 169 Å². The molecule has 0 spiro atoms. The van der Waals surface area contributed by atoms with Crippen LogP contribution in [-0.2, 0) is 22.7 Å². The van der Waals surface area contributed by atoms with Gasteiger partial charge in [0.1, 0.15) is 0 Å². The van der Waals surface area contributed by atoms with E-state index in [1.807, 2.05) is 25.1 Å². The fourth-order valence-electron chi connectivity index (χ4n) is 3.07. The fraction of sp³-hybridized carbons (Fsp3) is 0.286. The van der Waals surface area contributed by atoms with Gasteiger partial charge in [0.2, 0.25) is 0 Å². The molecule has 28 heavy (non-hydrogen) atoms. The Morgan fingerprint density at radius 2 is 1.64 bits per heavy atom. The largest absolute Gasteiger partial charge is 0.348 e. The molecule has 2 aromatic rings. The minimum Gasteiger partial charge on any atom is -0.348 e. The van der Waals surface area contributed by atoms with Crippen LogP contribution >= 0.6 is 11.6 Å². The highest BCUT2D eigenvalue weighted by molar-refractivity contribution is 6.35. The fourth-order valence-corrected chi connectivity index (χ4v) is 3.27. The van der Waals surface area contributed by atoms with Crippen molar-refractivity contribution in [3.8, 4) is 0 Å². The van der Waals surface area contributed by atoms with Crippen molar-refractivity contribution in [3.05, 3.63) is 70.2 Å². The Morgan fingerprint density at radius 1 is 1.00 bits per heavy atom. The van der Waals surface area contributed by atoms with Crippen LogP contribution in [0.2, 0.25) is 5.02 Å². The van der Waals surface area contributed by atoms with E-state index in [-0.39, 0.29) is 5.91 Å². The molecule has 146 valence electrons. The van der Waals surface area contributed by atoms with Gasteiger partial charge in [-0.3, -0.25) is 14.4 Å². The van der Waals surface area contributed by atoms with Crippen LogP contribution in [0.3, 0.4) is 0 Å². The monoisotopic (exact) mass is 399 g/mol. The maximum atomic E-state index is 12.3. The minimum absolute atomic E-state index is 0.200. The number of carbonyl (C=O) groups is 3. The number of halogens is 1. The summed E-state index contributed by atoms with van der Waals surface area (Å²) in [5, 5.41) is 3.45. The summed E-state index contributed by atoms with van der Waals surface area (Å²) in [6.45, 7) is 4.15. The number of nitrogens with zero attached hydrogens (tertiary/aromatic N) is 2. The topological polar surface area (TPSA) is 69.7 Å². The van der Waals surface area contributed by atoms with Gasteiger partial charge in [-0.25, -0.2) is 0 Å². The molecule has 7 heteroatoms. The number of hydrogen-bond donors (Lipinski definition) is 1. The van der Waals surface area contributed by atoms with Gasteiger partial charge in [-0.1, -0.05) is 41.9 Å². The van der Waals surface area contributed by atoms with Crippen LogP contribution in [0.25, 0.3) is 0 Å². The molecular weight excluding hydrogens is 378 g/mol. The third kappa shape index (κ3) is 4.51. The van der Waals surface area contributed by atoms with Gasteiger partial charge in [-0.05, 0) is 36.2 Å². The molecule has 0 saturated carbocycles. The van der Waals surface area contributed by atoms with E-state index in [9.17, 15) is 14.4 Å². The molecule has 1 fully saturated rings. The quantitative estimate of drug-likeness (QED) is 0.758. The number of nitrogens with one attached hydrogen (secondary N) is 1. The Balaban J connectivity index is 1.57. The third-order valence-corrected chi connectivity index (χ3v) is 5.13. The van der Waals surface area contributed by atoms with E-state index in [0.717, 1.165) is 11.1 Å². The normalized spacial score (nSPS) is 14.4. The van der Waals surface area contributed by atoms with Gasteiger partial charge in [0.05, 0.1) is 0 Å². The van der Waals surface area contributed by atoms with E-state index in [1.54, 1.807) is 40.1 Å². The van der Waals surface area contributed by atoms with Crippen LogP contribution in [0.4, 0.5) is 0 Å². The zero-order valence-corrected chi connectivity index (χ0v) is 16.4. The molecule has 0 unspecified atom stereocenters. The standard InChI is InChI=1S/C21H22ClN3O3/c1-2-24-11-12-25(21(28)20(24)27)14-15-7-9-16(10-8-15)19(26)23-13-17-5-3-4-6-18(17)22/h3-10H,2,11-14H2,1H3,(H,23,26). The van der Waals surface area contributed by atoms with Gasteiger partial charge in [-0.2, -0.15) is 0 Å². The third-order valence-electron chi connectivity index (χ3n) is 4.77. The minimum atomic E-state index is -0.477. The lowest BCUT2D eigenvalue weighted by Gasteiger charge is -2.33. The first kappa shape index (κ1) is 19.9. The molecule has 1 aliphatic rings. The summed E-state index contributed by atoms with van der Waals surface area (Å²) >= 11 is 6.10. The summed E-state index contributed by atoms with van der Waals surface area (Å²) in [6, 6.07) is 14.4. The van der Waals surface area contributed by atoms with Crippen LogP contribution in [0, 0.1) is 0 Å². The van der Waals surface area contributed by atoms with Crippen molar-refractivity contribution in [2.45, 2.75) is 20.0 Å². The molecule has 0 atom stereocenters. The maximum Gasteiger partial charge on any atom is 0.312 e. The van der Waals surface area contributed by atoms with Crippen LogP contribution in [0.1, 0.15) is 28.4 Å². The van der Waals surface area contributed by atoms with Crippen molar-refractivity contribution in [3.63, 3.8) is 0 Å². The summed E-state index contributed by atoms with van der Waals surface area (Å²) in [5.41, 5.74) is 2.24. The molecule has 0 aromatic heterocycles. The first-order chi connectivity index (χ1) is 13.5. The Bertz CT molecular complexity index is 883. The summed E-state index contributed by atoms with van der Waals surface area (Å²) in [6.07, 6.45) is 0. The van der Waals surface area contributed by atoms with Crippen LogP contribution in [-0.4, -0.2) is 47.2 Å². The first-order valence-corrected chi connectivity index (χ1v) is 9.56. The number of benzene rings is 2. The molecule has 0 radical (unpaired) electrons. The maximum absolute atomic E-state index is 12.3. The Hall–Kier alpha value is -2.86. The molecule has 0 bridgehead atoms. The predicted molar refractivity (Wildman–Crippen MR) is 107 cm³/mol. The van der Waals surface area contributed by atoms with E-state index >= 15 is 0 Å². The number of rotatable bonds is 6. The molecule has 3 amide bonds. The molecule has 0 aliphatic carbocycles. The SMILES string of the molecule is CCN1CCN(Cc2ccc(C(=O)NCc3ccccc3Cl)cc2)C(=O)C1=O. The highest BCUT2D eigenvalue weighted by Gasteiger charge is 2.31. The summed E-state index contributed by atoms with van der Waals surface area (Å²) in [7, 11) is 0. The van der Waals surface area contributed by atoms with Crippen LogP contribution in [0.15, 0.2) is 48.5 Å². The lowest BCUT2D eigenvalue weighted by atomic mass is 10.1. The van der Waals surface area contributed by atoms with Gasteiger partial charge in [0.25, 0.3) is 5.91 Å². The molecule has 1 N–H and O–H groups in total. The van der Waals surface area contributed by atoms with E-state index in [2.05, 4.69) is 5.32 Å². The number of hydrogen-bond acceptors (Lipinski definition) is 3. The van der Waals surface area contributed by atoms with E-state index < -0.39 is 11.8 Å². The molecule has 1 saturated heterocycles. The van der Waals surface area contributed by atoms with Gasteiger partial charge < -0.3 is 15.1 Å². The van der Waals surface area contributed by atoms with Gasteiger partial charge in [0.15, 0.2) is 0 Å². The number of amides is 3. The highest BCUT2D eigenvalue weighted by atomic mass is 35.5. The summed E-state index contributed by atoms with van der Waals surface area (Å²) in [4.78, 5) is 39.6. The lowest BCUT2D eigenvalue weighted by Crippen LogP contribution is -2.53. The second-order valence-corrected chi connectivity index (χ2v) is 6.99. The van der Waals surface area contributed by atoms with Crippen molar-refractivity contribution in [2.75, 3.05) is 19.6 Å². The molecule has 1 aliphatic heterocycles. The molecule has 6 nitrogen and oxygen atoms in total. The average Bonchev–Trinajstić information content (AvgIpc) is 2.71. The van der Waals surface area contributed by atoms with Crippen molar-refractivity contribution in [1.82, 2.24) is 15.1 Å². The number of piperazine rings is 1. The van der Waals surface area contributed by atoms with Crippen LogP contribution in [0.5, 0.6) is 0 Å². The predicted octanol–water partition coefficient (Wildman–Crippen LogP) is 2.46. The first-order valence-electron chi connectivity index (χ1n) is 9.18. The molecule has 2 aromatic carbocycles. The van der Waals surface area contributed by atoms with E-state index in [4.69, 9.17) is 11.6 Å². The summed E-state index contributed by atoms with van der Waals surface area (Å²) in [5.74, 6) is -1.13. The smallest absolute Gasteiger partial charge is 0.312 e. The van der Waals surface area contributed by atoms with E-state index in [0.29, 0.717) is 43.3 Å². The van der Waals surface area contributed by atoms with Crippen molar-refractivity contribution in [2.24, 2.45) is 0 Å². The number of likely N-dealkylation sites (N-methyl/N-ethyl adjacent to an activating group) is 1. The molecule has 3 rings (SSSR count). The average molecular weight is 400 g/mol. The van der Waals surface area contributed by atoms with Crippen molar-refractivity contribution in [1.29, 1.82) is 0 Å². The Morgan fingerprint density at radius 3 is 2.32 bits per heavy atom.